The second-order valence-electron chi connectivity index (χ2n) is 5.60. The number of aliphatic carboxylic acids is 1. The predicted molar refractivity (Wildman–Crippen MR) is 103 cm³/mol. The SMILES string of the molecule is NCC(=O)NC(CCCN=C(N)N)C(=O)NC(CO)C(=O)NC(CS)C(=O)O. The molecule has 28 heavy (non-hydrogen) atoms. The number of carbonyl (C=O) groups is 4. The van der Waals surface area contributed by atoms with Crippen LogP contribution in [0.3, 0.4) is 0 Å². The number of hydrogen-bond donors (Lipinski definition) is 9. The normalized spacial score (nSPS) is 13.5. The molecular formula is C14H27N7O6S. The fourth-order valence-corrected chi connectivity index (χ4v) is 2.20. The molecule has 0 saturated carbocycles. The summed E-state index contributed by atoms with van der Waals surface area (Å²) < 4.78 is 0. The van der Waals surface area contributed by atoms with Gasteiger partial charge >= 0.3 is 5.97 Å². The summed E-state index contributed by atoms with van der Waals surface area (Å²) in [5.74, 6) is -3.92. The van der Waals surface area contributed by atoms with E-state index >= 15 is 0 Å². The Labute approximate surface area is 166 Å². The minimum Gasteiger partial charge on any atom is -0.480 e. The van der Waals surface area contributed by atoms with Gasteiger partial charge in [-0.15, -0.1) is 0 Å². The molecular weight excluding hydrogens is 394 g/mol. The van der Waals surface area contributed by atoms with E-state index in [0.29, 0.717) is 6.42 Å². The van der Waals surface area contributed by atoms with Crippen LogP contribution in [0.5, 0.6) is 0 Å². The highest BCUT2D eigenvalue weighted by Gasteiger charge is 2.28. The van der Waals surface area contributed by atoms with Gasteiger partial charge in [-0.2, -0.15) is 12.6 Å². The molecule has 0 aromatic carbocycles. The van der Waals surface area contributed by atoms with Crippen molar-refractivity contribution in [2.45, 2.75) is 31.0 Å². The number of aliphatic hydroxyl groups excluding tert-OH is 1. The Balaban J connectivity index is 5.01. The second kappa shape index (κ2) is 13.6. The first-order valence-electron chi connectivity index (χ1n) is 8.26. The van der Waals surface area contributed by atoms with Gasteiger partial charge in [-0.3, -0.25) is 19.4 Å². The summed E-state index contributed by atoms with van der Waals surface area (Å²) in [5, 5.41) is 25.1. The van der Waals surface area contributed by atoms with Crippen LogP contribution in [0.25, 0.3) is 0 Å². The summed E-state index contributed by atoms with van der Waals surface area (Å²) in [4.78, 5) is 50.7. The molecule has 0 radical (unpaired) electrons. The standard InChI is InChI=1S/C14H27N7O6S/c15-4-10(23)19-7(2-1-3-18-14(16)17)11(24)20-8(5-22)12(25)21-9(6-28)13(26)27/h7-9,22,28H,1-6,15H2,(H,19,23)(H,20,24)(H,21,25)(H,26,27)(H4,16,17,18). The van der Waals surface area contributed by atoms with Gasteiger partial charge in [-0.1, -0.05) is 0 Å². The van der Waals surface area contributed by atoms with Crippen molar-refractivity contribution in [3.63, 3.8) is 0 Å². The number of rotatable bonds is 13. The third kappa shape index (κ3) is 9.94. The molecule has 3 unspecified atom stereocenters. The lowest BCUT2D eigenvalue weighted by Crippen LogP contribution is -2.57. The Morgan fingerprint density at radius 3 is 2.04 bits per heavy atom. The van der Waals surface area contributed by atoms with Crippen LogP contribution in [-0.4, -0.2) is 83.4 Å². The van der Waals surface area contributed by atoms with Gasteiger partial charge in [0.15, 0.2) is 5.96 Å². The molecule has 0 aliphatic carbocycles. The van der Waals surface area contributed by atoms with Crippen LogP contribution in [0.1, 0.15) is 12.8 Å². The number of hydrogen-bond acceptors (Lipinski definition) is 8. The molecule has 160 valence electrons. The molecule has 0 spiro atoms. The van der Waals surface area contributed by atoms with Crippen molar-refractivity contribution in [3.05, 3.63) is 0 Å². The number of nitrogens with one attached hydrogen (secondary N) is 3. The quantitative estimate of drug-likeness (QED) is 0.0601. The molecule has 0 fully saturated rings. The second-order valence-corrected chi connectivity index (χ2v) is 5.96. The molecule has 13 nitrogen and oxygen atoms in total. The summed E-state index contributed by atoms with van der Waals surface area (Å²) in [6.07, 6.45) is 0.458. The van der Waals surface area contributed by atoms with Gasteiger partial charge in [0.1, 0.15) is 18.1 Å². The van der Waals surface area contributed by atoms with E-state index in [2.05, 4.69) is 33.6 Å². The van der Waals surface area contributed by atoms with Gasteiger partial charge in [-0.25, -0.2) is 4.79 Å². The first-order chi connectivity index (χ1) is 13.2. The number of amides is 3. The van der Waals surface area contributed by atoms with Crippen molar-refractivity contribution < 1.29 is 29.4 Å². The lowest BCUT2D eigenvalue weighted by molar-refractivity contribution is -0.141. The first-order valence-corrected chi connectivity index (χ1v) is 8.89. The lowest BCUT2D eigenvalue weighted by Gasteiger charge is -2.23. The van der Waals surface area contributed by atoms with Crippen molar-refractivity contribution in [1.82, 2.24) is 16.0 Å². The van der Waals surface area contributed by atoms with Gasteiger partial charge < -0.3 is 43.4 Å². The maximum absolute atomic E-state index is 12.4. The molecule has 3 amide bonds. The Kier molecular flexibility index (Phi) is 12.3. The highest BCUT2D eigenvalue weighted by molar-refractivity contribution is 7.80. The van der Waals surface area contributed by atoms with Crippen LogP contribution in [-0.2, 0) is 19.2 Å². The molecule has 0 aliphatic rings. The zero-order chi connectivity index (χ0) is 21.7. The van der Waals surface area contributed by atoms with Crippen LogP contribution in [0.4, 0.5) is 0 Å². The van der Waals surface area contributed by atoms with E-state index in [1.165, 1.54) is 0 Å². The zero-order valence-electron chi connectivity index (χ0n) is 15.1. The van der Waals surface area contributed by atoms with E-state index < -0.39 is 48.4 Å². The zero-order valence-corrected chi connectivity index (χ0v) is 16.0. The van der Waals surface area contributed by atoms with Crippen LogP contribution in [0, 0.1) is 0 Å². The molecule has 14 heteroatoms. The maximum atomic E-state index is 12.4. The molecule has 0 aliphatic heterocycles. The Bertz CT molecular complexity index is 585. The summed E-state index contributed by atoms with van der Waals surface area (Å²) in [6, 6.07) is -3.79. The molecule has 0 aromatic heterocycles. The fourth-order valence-electron chi connectivity index (χ4n) is 1.95. The van der Waals surface area contributed by atoms with Gasteiger partial charge in [0.25, 0.3) is 0 Å². The van der Waals surface area contributed by atoms with E-state index in [0.717, 1.165) is 0 Å². The van der Waals surface area contributed by atoms with Crippen molar-refractivity contribution >= 4 is 42.3 Å². The molecule has 0 heterocycles. The Hall–Kier alpha value is -2.58. The minimum atomic E-state index is -1.43. The maximum Gasteiger partial charge on any atom is 0.327 e. The smallest absolute Gasteiger partial charge is 0.327 e. The van der Waals surface area contributed by atoms with Crippen molar-refractivity contribution in [1.29, 1.82) is 0 Å². The van der Waals surface area contributed by atoms with Crippen molar-refractivity contribution in [3.8, 4) is 0 Å². The number of carbonyl (C=O) groups excluding carboxylic acids is 3. The van der Waals surface area contributed by atoms with Crippen LogP contribution >= 0.6 is 12.6 Å². The third-order valence-corrected chi connectivity index (χ3v) is 3.76. The number of aliphatic hydroxyl groups is 1. The van der Waals surface area contributed by atoms with Crippen LogP contribution in [0.15, 0.2) is 4.99 Å². The molecule has 0 aromatic rings. The fraction of sp³-hybridized carbons (Fsp3) is 0.643. The van der Waals surface area contributed by atoms with Gasteiger partial charge in [-0.05, 0) is 12.8 Å². The molecule has 0 saturated heterocycles. The average molecular weight is 421 g/mol. The highest BCUT2D eigenvalue weighted by Crippen LogP contribution is 2.00. The monoisotopic (exact) mass is 421 g/mol. The summed E-state index contributed by atoms with van der Waals surface area (Å²) in [5.41, 5.74) is 15.6. The van der Waals surface area contributed by atoms with Crippen LogP contribution < -0.4 is 33.2 Å². The summed E-state index contributed by atoms with van der Waals surface area (Å²) in [6.45, 7) is -0.942. The number of guanidine groups is 1. The molecule has 0 rings (SSSR count). The lowest BCUT2D eigenvalue weighted by atomic mass is 10.1. The average Bonchev–Trinajstić information content (AvgIpc) is 2.65. The van der Waals surface area contributed by atoms with Gasteiger partial charge in [0.05, 0.1) is 13.2 Å². The highest BCUT2D eigenvalue weighted by atomic mass is 32.1. The van der Waals surface area contributed by atoms with Gasteiger partial charge in [0, 0.05) is 12.3 Å². The minimum absolute atomic E-state index is 0.124. The number of aliphatic imine (C=N–C) groups is 1. The molecule has 11 N–H and O–H groups in total. The Morgan fingerprint density at radius 1 is 1.00 bits per heavy atom. The third-order valence-electron chi connectivity index (χ3n) is 3.40. The number of nitrogens with two attached hydrogens (primary N) is 3. The molecule has 3 atom stereocenters. The van der Waals surface area contributed by atoms with Crippen molar-refractivity contribution in [2.75, 3.05) is 25.4 Å². The summed E-state index contributed by atoms with van der Waals surface area (Å²) >= 11 is 3.81. The molecule has 0 bridgehead atoms. The topological polar surface area (TPSA) is 235 Å². The van der Waals surface area contributed by atoms with E-state index in [9.17, 15) is 24.3 Å². The summed E-state index contributed by atoms with van der Waals surface area (Å²) in [7, 11) is 0. The predicted octanol–water partition coefficient (Wildman–Crippen LogP) is -4.54. The van der Waals surface area contributed by atoms with Gasteiger partial charge in [0.2, 0.25) is 17.7 Å². The van der Waals surface area contributed by atoms with E-state index in [1.54, 1.807) is 0 Å². The first kappa shape index (κ1) is 25.4. The van der Waals surface area contributed by atoms with E-state index in [4.69, 9.17) is 22.3 Å². The van der Waals surface area contributed by atoms with E-state index in [-0.39, 0.29) is 31.2 Å². The number of carboxylic acid groups (broad SMARTS) is 1. The number of carboxylic acids is 1. The number of thiol groups is 1. The Morgan fingerprint density at radius 2 is 1.57 bits per heavy atom. The van der Waals surface area contributed by atoms with E-state index in [1.807, 2.05) is 0 Å². The van der Waals surface area contributed by atoms with Crippen molar-refractivity contribution in [2.24, 2.45) is 22.2 Å². The number of nitrogens with zero attached hydrogens (tertiary/aromatic N) is 1. The largest absolute Gasteiger partial charge is 0.480 e. The van der Waals surface area contributed by atoms with Crippen LogP contribution in [0.2, 0.25) is 0 Å².